The second kappa shape index (κ2) is 4.49. The molecule has 18 heavy (non-hydrogen) atoms. The van der Waals surface area contributed by atoms with E-state index in [4.69, 9.17) is 4.42 Å². The van der Waals surface area contributed by atoms with Crippen molar-refractivity contribution in [2.75, 3.05) is 0 Å². The van der Waals surface area contributed by atoms with E-state index in [0.717, 1.165) is 16.8 Å². The quantitative estimate of drug-likeness (QED) is 0.661. The Bertz CT molecular complexity index is 656. The molecule has 2 nitrogen and oxygen atoms in total. The molecule has 0 unspecified atom stereocenters. The van der Waals surface area contributed by atoms with Gasteiger partial charge in [0.2, 0.25) is 5.89 Å². The minimum Gasteiger partial charge on any atom is -0.444 e. The van der Waals surface area contributed by atoms with Crippen LogP contribution >= 0.6 is 0 Å². The number of aryl methyl sites for hydroxylation is 1. The second-order valence-corrected chi connectivity index (χ2v) is 4.27. The minimum absolute atomic E-state index is 0.659. The predicted octanol–water partition coefficient (Wildman–Crippen LogP) is 4.32. The summed E-state index contributed by atoms with van der Waals surface area (Å²) >= 11 is 0. The van der Waals surface area contributed by atoms with Gasteiger partial charge in [0.1, 0.15) is 12.0 Å². The fourth-order valence-corrected chi connectivity index (χ4v) is 1.92. The number of benzene rings is 2. The molecule has 0 aliphatic carbocycles. The van der Waals surface area contributed by atoms with Gasteiger partial charge < -0.3 is 4.42 Å². The van der Waals surface area contributed by atoms with Crippen LogP contribution in [0.5, 0.6) is 0 Å². The summed E-state index contributed by atoms with van der Waals surface area (Å²) in [5.74, 6) is 0.659. The highest BCUT2D eigenvalue weighted by atomic mass is 16.3. The van der Waals surface area contributed by atoms with E-state index < -0.39 is 0 Å². The first-order valence-corrected chi connectivity index (χ1v) is 5.91. The zero-order valence-electron chi connectivity index (χ0n) is 10.1. The van der Waals surface area contributed by atoms with E-state index >= 15 is 0 Å². The smallest absolute Gasteiger partial charge is 0.226 e. The van der Waals surface area contributed by atoms with Gasteiger partial charge in [-0.1, -0.05) is 42.0 Å². The summed E-state index contributed by atoms with van der Waals surface area (Å²) in [6.45, 7) is 2.07. The third-order valence-electron chi connectivity index (χ3n) is 2.84. The largest absolute Gasteiger partial charge is 0.444 e. The van der Waals surface area contributed by atoms with Crippen molar-refractivity contribution in [2.45, 2.75) is 6.92 Å². The van der Waals surface area contributed by atoms with Crippen molar-refractivity contribution in [1.29, 1.82) is 0 Å². The van der Waals surface area contributed by atoms with Crippen LogP contribution in [0.1, 0.15) is 5.56 Å². The standard InChI is InChI=1S/C16H13NO/c1-12-6-5-9-14(10-12)15-11-18-16(17-15)13-7-3-2-4-8-13/h2-11H,1H3. The third kappa shape index (κ3) is 2.05. The lowest BCUT2D eigenvalue weighted by molar-refractivity contribution is 0.575. The molecule has 0 radical (unpaired) electrons. The first-order valence-electron chi connectivity index (χ1n) is 5.91. The number of rotatable bonds is 2. The molecule has 1 heterocycles. The van der Waals surface area contributed by atoms with Crippen LogP contribution in [-0.4, -0.2) is 4.98 Å². The molecule has 0 saturated heterocycles. The van der Waals surface area contributed by atoms with Crippen LogP contribution in [0.3, 0.4) is 0 Å². The van der Waals surface area contributed by atoms with Crippen molar-refractivity contribution < 1.29 is 4.42 Å². The van der Waals surface area contributed by atoms with Gasteiger partial charge in [0.05, 0.1) is 0 Å². The van der Waals surface area contributed by atoms with Gasteiger partial charge >= 0.3 is 0 Å². The van der Waals surface area contributed by atoms with Gasteiger partial charge in [0, 0.05) is 11.1 Å². The van der Waals surface area contributed by atoms with Crippen molar-refractivity contribution >= 4 is 0 Å². The summed E-state index contributed by atoms with van der Waals surface area (Å²) in [5, 5.41) is 0. The van der Waals surface area contributed by atoms with Crippen molar-refractivity contribution in [2.24, 2.45) is 0 Å². The Kier molecular flexibility index (Phi) is 2.69. The first-order chi connectivity index (χ1) is 8.83. The molecule has 0 saturated carbocycles. The Morgan fingerprint density at radius 2 is 1.67 bits per heavy atom. The summed E-state index contributed by atoms with van der Waals surface area (Å²) in [7, 11) is 0. The highest BCUT2D eigenvalue weighted by Crippen LogP contribution is 2.24. The van der Waals surface area contributed by atoms with Gasteiger partial charge in [-0.25, -0.2) is 4.98 Å². The molecule has 88 valence electrons. The Morgan fingerprint density at radius 3 is 2.44 bits per heavy atom. The van der Waals surface area contributed by atoms with Gasteiger partial charge in [-0.2, -0.15) is 0 Å². The summed E-state index contributed by atoms with van der Waals surface area (Å²) in [4.78, 5) is 4.53. The molecule has 0 amide bonds. The molecule has 0 aliphatic heterocycles. The number of nitrogens with zero attached hydrogens (tertiary/aromatic N) is 1. The zero-order chi connectivity index (χ0) is 12.4. The molecule has 0 bridgehead atoms. The van der Waals surface area contributed by atoms with E-state index in [1.165, 1.54) is 5.56 Å². The minimum atomic E-state index is 0.659. The van der Waals surface area contributed by atoms with Crippen molar-refractivity contribution in [3.8, 4) is 22.7 Å². The second-order valence-electron chi connectivity index (χ2n) is 4.27. The average molecular weight is 235 g/mol. The SMILES string of the molecule is Cc1cccc(-c2coc(-c3ccccc3)n2)c1. The van der Waals surface area contributed by atoms with E-state index in [-0.39, 0.29) is 0 Å². The maximum absolute atomic E-state index is 5.53. The predicted molar refractivity (Wildman–Crippen MR) is 72.1 cm³/mol. The molecular formula is C16H13NO. The van der Waals surface area contributed by atoms with E-state index in [0.29, 0.717) is 5.89 Å². The Labute approximate surface area is 106 Å². The molecule has 1 aromatic heterocycles. The van der Waals surface area contributed by atoms with E-state index in [1.54, 1.807) is 6.26 Å². The Hall–Kier alpha value is -2.35. The molecule has 3 rings (SSSR count). The Balaban J connectivity index is 2.00. The lowest BCUT2D eigenvalue weighted by Gasteiger charge is -1.96. The first kappa shape index (κ1) is 10.8. The number of oxazole rings is 1. The normalized spacial score (nSPS) is 10.5. The van der Waals surface area contributed by atoms with Gasteiger partial charge in [-0.05, 0) is 25.1 Å². The summed E-state index contributed by atoms with van der Waals surface area (Å²) in [5.41, 5.74) is 4.17. The van der Waals surface area contributed by atoms with Crippen LogP contribution in [0, 0.1) is 6.92 Å². The van der Waals surface area contributed by atoms with E-state index in [1.807, 2.05) is 42.5 Å². The summed E-state index contributed by atoms with van der Waals surface area (Å²) in [6.07, 6.45) is 1.71. The molecule has 3 aromatic rings. The molecule has 0 N–H and O–H groups in total. The van der Waals surface area contributed by atoms with Gasteiger partial charge in [-0.3, -0.25) is 0 Å². The van der Waals surface area contributed by atoms with Crippen LogP contribution in [0.2, 0.25) is 0 Å². The van der Waals surface area contributed by atoms with Crippen molar-refractivity contribution in [3.05, 3.63) is 66.4 Å². The number of aromatic nitrogens is 1. The maximum atomic E-state index is 5.53. The van der Waals surface area contributed by atoms with Gasteiger partial charge in [0.25, 0.3) is 0 Å². The van der Waals surface area contributed by atoms with Crippen molar-refractivity contribution in [3.63, 3.8) is 0 Å². The van der Waals surface area contributed by atoms with Crippen molar-refractivity contribution in [1.82, 2.24) is 4.98 Å². The molecule has 0 spiro atoms. The van der Waals surface area contributed by atoms with Gasteiger partial charge in [0.15, 0.2) is 0 Å². The van der Waals surface area contributed by atoms with Gasteiger partial charge in [-0.15, -0.1) is 0 Å². The summed E-state index contributed by atoms with van der Waals surface area (Å²) < 4.78 is 5.53. The lowest BCUT2D eigenvalue weighted by atomic mass is 10.1. The van der Waals surface area contributed by atoms with E-state index in [2.05, 4.69) is 24.0 Å². The topological polar surface area (TPSA) is 26.0 Å². The number of hydrogen-bond donors (Lipinski definition) is 0. The van der Waals surface area contributed by atoms with E-state index in [9.17, 15) is 0 Å². The third-order valence-corrected chi connectivity index (χ3v) is 2.84. The fraction of sp³-hybridized carbons (Fsp3) is 0.0625. The maximum Gasteiger partial charge on any atom is 0.226 e. The monoisotopic (exact) mass is 235 g/mol. The lowest BCUT2D eigenvalue weighted by Crippen LogP contribution is -1.80. The highest BCUT2D eigenvalue weighted by Gasteiger charge is 2.07. The highest BCUT2D eigenvalue weighted by molar-refractivity contribution is 5.63. The van der Waals surface area contributed by atoms with Crippen LogP contribution in [0.4, 0.5) is 0 Å². The van der Waals surface area contributed by atoms with Crippen LogP contribution < -0.4 is 0 Å². The molecule has 2 heteroatoms. The Morgan fingerprint density at radius 1 is 0.889 bits per heavy atom. The zero-order valence-corrected chi connectivity index (χ0v) is 10.1. The molecule has 0 atom stereocenters. The van der Waals surface area contributed by atoms with Crippen LogP contribution in [0.25, 0.3) is 22.7 Å². The number of hydrogen-bond acceptors (Lipinski definition) is 2. The summed E-state index contributed by atoms with van der Waals surface area (Å²) in [6, 6.07) is 18.2. The molecule has 2 aromatic carbocycles. The van der Waals surface area contributed by atoms with Crippen LogP contribution in [0.15, 0.2) is 65.3 Å². The van der Waals surface area contributed by atoms with Crippen LogP contribution in [-0.2, 0) is 0 Å². The molecular weight excluding hydrogens is 222 g/mol. The average Bonchev–Trinajstić information content (AvgIpc) is 2.89. The molecule has 0 fully saturated rings. The fourth-order valence-electron chi connectivity index (χ4n) is 1.92. The molecule has 0 aliphatic rings.